The van der Waals surface area contributed by atoms with Crippen LogP contribution in [-0.4, -0.2) is 20.6 Å². The van der Waals surface area contributed by atoms with Crippen molar-refractivity contribution in [2.24, 2.45) is 0 Å². The van der Waals surface area contributed by atoms with Gasteiger partial charge in [-0.1, -0.05) is 6.07 Å². The van der Waals surface area contributed by atoms with Crippen LogP contribution in [0.4, 0.5) is 8.78 Å². The summed E-state index contributed by atoms with van der Waals surface area (Å²) in [6, 6.07) is 1.93. The van der Waals surface area contributed by atoms with Crippen molar-refractivity contribution in [3.63, 3.8) is 0 Å². The number of carbonyl (C=O) groups is 1. The lowest BCUT2D eigenvalue weighted by Crippen LogP contribution is -2.30. The molecule has 3 rings (SSSR count). The summed E-state index contributed by atoms with van der Waals surface area (Å²) >= 11 is 1.23. The number of carboxylic acids is 1. The number of aromatic nitrogens is 2. The van der Waals surface area contributed by atoms with E-state index in [1.54, 1.807) is 13.8 Å². The van der Waals surface area contributed by atoms with Crippen LogP contribution in [0.25, 0.3) is 21.6 Å². The fourth-order valence-electron chi connectivity index (χ4n) is 2.66. The Balaban J connectivity index is 2.52. The maximum Gasteiger partial charge on any atom is 0.326 e. The SMILES string of the molecule is Cc1sc2nc(-c3c(F)cccc3F)n(C(C)C(=O)O)c(=O)c2c1C. The molecule has 0 fully saturated rings. The van der Waals surface area contributed by atoms with Crippen LogP contribution in [0, 0.1) is 25.5 Å². The first kappa shape index (κ1) is 17.2. The van der Waals surface area contributed by atoms with Gasteiger partial charge in [0.05, 0.1) is 10.9 Å². The van der Waals surface area contributed by atoms with Gasteiger partial charge in [0, 0.05) is 4.88 Å². The van der Waals surface area contributed by atoms with Crippen molar-refractivity contribution >= 4 is 27.5 Å². The van der Waals surface area contributed by atoms with E-state index in [1.165, 1.54) is 24.3 Å². The molecule has 0 radical (unpaired) electrons. The van der Waals surface area contributed by atoms with Crippen molar-refractivity contribution < 1.29 is 18.7 Å². The fraction of sp³-hybridized carbons (Fsp3) is 0.235. The number of hydrogen-bond donors (Lipinski definition) is 1. The predicted molar refractivity (Wildman–Crippen MR) is 91.1 cm³/mol. The molecular weight excluding hydrogens is 350 g/mol. The van der Waals surface area contributed by atoms with Crippen LogP contribution in [0.3, 0.4) is 0 Å². The third-order valence-corrected chi connectivity index (χ3v) is 5.27. The summed E-state index contributed by atoms with van der Waals surface area (Å²) in [5, 5.41) is 9.62. The van der Waals surface area contributed by atoms with Crippen molar-refractivity contribution in [1.82, 2.24) is 9.55 Å². The van der Waals surface area contributed by atoms with E-state index >= 15 is 0 Å². The molecule has 0 saturated carbocycles. The average Bonchev–Trinajstić information content (AvgIpc) is 2.81. The first-order valence-electron chi connectivity index (χ1n) is 7.43. The molecule has 25 heavy (non-hydrogen) atoms. The quantitative estimate of drug-likeness (QED) is 0.770. The number of aliphatic carboxylic acids is 1. The summed E-state index contributed by atoms with van der Waals surface area (Å²) in [5.41, 5.74) is -0.456. The van der Waals surface area contributed by atoms with Crippen molar-refractivity contribution in [2.45, 2.75) is 26.8 Å². The normalized spacial score (nSPS) is 12.5. The number of rotatable bonds is 3. The number of thiophene rings is 1. The molecule has 0 saturated heterocycles. The highest BCUT2D eigenvalue weighted by molar-refractivity contribution is 7.18. The van der Waals surface area contributed by atoms with Crippen molar-refractivity contribution in [1.29, 1.82) is 0 Å². The van der Waals surface area contributed by atoms with Gasteiger partial charge < -0.3 is 5.11 Å². The molecule has 2 heterocycles. The second-order valence-electron chi connectivity index (χ2n) is 5.68. The van der Waals surface area contributed by atoms with E-state index in [0.29, 0.717) is 10.4 Å². The number of fused-ring (bicyclic) bond motifs is 1. The molecule has 2 aromatic heterocycles. The second-order valence-corrected chi connectivity index (χ2v) is 6.89. The number of nitrogens with zero attached hydrogens (tertiary/aromatic N) is 2. The lowest BCUT2D eigenvalue weighted by atomic mass is 10.1. The Bertz CT molecular complexity index is 1050. The first-order chi connectivity index (χ1) is 11.7. The largest absolute Gasteiger partial charge is 0.480 e. The van der Waals surface area contributed by atoms with E-state index in [1.807, 2.05) is 0 Å². The van der Waals surface area contributed by atoms with Crippen LogP contribution in [0.5, 0.6) is 0 Å². The zero-order valence-corrected chi connectivity index (χ0v) is 14.4. The Hall–Kier alpha value is -2.61. The smallest absolute Gasteiger partial charge is 0.326 e. The van der Waals surface area contributed by atoms with E-state index in [9.17, 15) is 23.5 Å². The van der Waals surface area contributed by atoms with Crippen LogP contribution in [0.1, 0.15) is 23.4 Å². The fourth-order valence-corrected chi connectivity index (χ4v) is 3.68. The average molecular weight is 364 g/mol. The molecule has 0 spiro atoms. The van der Waals surface area contributed by atoms with Gasteiger partial charge in [-0.25, -0.2) is 18.6 Å². The van der Waals surface area contributed by atoms with E-state index in [2.05, 4.69) is 4.98 Å². The molecule has 1 unspecified atom stereocenters. The molecule has 3 aromatic rings. The first-order valence-corrected chi connectivity index (χ1v) is 8.25. The minimum Gasteiger partial charge on any atom is -0.480 e. The van der Waals surface area contributed by atoms with Crippen LogP contribution >= 0.6 is 11.3 Å². The molecule has 0 bridgehead atoms. The van der Waals surface area contributed by atoms with Crippen molar-refractivity contribution in [3.8, 4) is 11.4 Å². The molecule has 1 aromatic carbocycles. The summed E-state index contributed by atoms with van der Waals surface area (Å²) < 4.78 is 29.4. The minimum absolute atomic E-state index is 0.274. The summed E-state index contributed by atoms with van der Waals surface area (Å²) in [7, 11) is 0. The maximum atomic E-state index is 14.3. The summed E-state index contributed by atoms with van der Waals surface area (Å²) in [6.07, 6.45) is 0. The molecule has 1 N–H and O–H groups in total. The third-order valence-electron chi connectivity index (χ3n) is 4.17. The molecule has 130 valence electrons. The molecule has 0 aliphatic rings. The van der Waals surface area contributed by atoms with Crippen LogP contribution in [0.2, 0.25) is 0 Å². The number of hydrogen-bond acceptors (Lipinski definition) is 4. The predicted octanol–water partition coefficient (Wildman–Crippen LogP) is 3.67. The number of halogens is 2. The van der Waals surface area contributed by atoms with Gasteiger partial charge in [-0.2, -0.15) is 0 Å². The van der Waals surface area contributed by atoms with Crippen molar-refractivity contribution in [2.75, 3.05) is 0 Å². The van der Waals surface area contributed by atoms with Gasteiger partial charge in [0.1, 0.15) is 22.5 Å². The van der Waals surface area contributed by atoms with Crippen LogP contribution in [0.15, 0.2) is 23.0 Å². The van der Waals surface area contributed by atoms with Gasteiger partial charge in [-0.15, -0.1) is 11.3 Å². The summed E-state index contributed by atoms with van der Waals surface area (Å²) in [5.74, 6) is -3.46. The van der Waals surface area contributed by atoms with E-state index in [0.717, 1.165) is 21.6 Å². The molecule has 0 aliphatic heterocycles. The topological polar surface area (TPSA) is 72.2 Å². The maximum absolute atomic E-state index is 14.3. The molecular formula is C17H14F2N2O3S. The van der Waals surface area contributed by atoms with E-state index in [-0.39, 0.29) is 11.2 Å². The number of benzene rings is 1. The van der Waals surface area contributed by atoms with E-state index < -0.39 is 34.8 Å². The molecule has 8 heteroatoms. The van der Waals surface area contributed by atoms with Crippen LogP contribution < -0.4 is 5.56 Å². The Morgan fingerprint density at radius 1 is 1.28 bits per heavy atom. The molecule has 1 atom stereocenters. The number of aryl methyl sites for hydroxylation is 2. The second kappa shape index (κ2) is 6.03. The highest BCUT2D eigenvalue weighted by Gasteiger charge is 2.27. The zero-order valence-electron chi connectivity index (χ0n) is 13.6. The lowest BCUT2D eigenvalue weighted by molar-refractivity contribution is -0.140. The van der Waals surface area contributed by atoms with Crippen molar-refractivity contribution in [3.05, 3.63) is 50.6 Å². The number of carboxylic acid groups (broad SMARTS) is 1. The minimum atomic E-state index is -1.34. The summed E-state index contributed by atoms with van der Waals surface area (Å²) in [4.78, 5) is 29.8. The van der Waals surface area contributed by atoms with Crippen LogP contribution in [-0.2, 0) is 4.79 Å². The van der Waals surface area contributed by atoms with Gasteiger partial charge >= 0.3 is 5.97 Å². The summed E-state index contributed by atoms with van der Waals surface area (Å²) in [6.45, 7) is 4.81. The van der Waals surface area contributed by atoms with Gasteiger partial charge in [0.25, 0.3) is 5.56 Å². The molecule has 5 nitrogen and oxygen atoms in total. The molecule has 0 amide bonds. The third kappa shape index (κ3) is 2.62. The monoisotopic (exact) mass is 364 g/mol. The Labute approximate surface area is 145 Å². The Kier molecular flexibility index (Phi) is 4.16. The standard InChI is InChI=1S/C17H14F2N2O3S/c1-7-9(3)25-15-12(7)16(22)21(8(2)17(23)24)14(20-15)13-10(18)5-4-6-11(13)19/h4-6,8H,1-3H3,(H,23,24). The van der Waals surface area contributed by atoms with Gasteiger partial charge in [-0.05, 0) is 38.5 Å². The molecule has 0 aliphatic carbocycles. The highest BCUT2D eigenvalue weighted by Crippen LogP contribution is 2.31. The lowest BCUT2D eigenvalue weighted by Gasteiger charge is -2.17. The Morgan fingerprint density at radius 2 is 1.88 bits per heavy atom. The van der Waals surface area contributed by atoms with Gasteiger partial charge in [-0.3, -0.25) is 9.36 Å². The highest BCUT2D eigenvalue weighted by atomic mass is 32.1. The van der Waals surface area contributed by atoms with Gasteiger partial charge in [0.15, 0.2) is 5.82 Å². The zero-order chi connectivity index (χ0) is 18.5. The van der Waals surface area contributed by atoms with Gasteiger partial charge in [0.2, 0.25) is 0 Å². The Morgan fingerprint density at radius 3 is 2.44 bits per heavy atom. The van der Waals surface area contributed by atoms with E-state index in [4.69, 9.17) is 0 Å².